The molecule has 0 spiro atoms. The number of carbonyl (C=O) groups excluding carboxylic acids is 1. The SMILES string of the molecule is O=C(O)CCOc1cc(OC(F)(F)F)ccc1C1CC(=O)c2cccc(Cl)c2O1. The minimum atomic E-state index is -4.91. The van der Waals surface area contributed by atoms with Crippen molar-refractivity contribution in [1.82, 2.24) is 0 Å². The fourth-order valence-corrected chi connectivity index (χ4v) is 3.05. The topological polar surface area (TPSA) is 82.1 Å². The third-order valence-electron chi connectivity index (χ3n) is 4.04. The highest BCUT2D eigenvalue weighted by Crippen LogP contribution is 2.42. The number of aliphatic carboxylic acids is 1. The second-order valence-electron chi connectivity index (χ2n) is 6.09. The molecule has 1 aliphatic rings. The van der Waals surface area contributed by atoms with Crippen LogP contribution in [0.1, 0.15) is 34.9 Å². The number of halogens is 4. The minimum Gasteiger partial charge on any atom is -0.492 e. The van der Waals surface area contributed by atoms with Gasteiger partial charge in [0.1, 0.15) is 23.4 Å². The second kappa shape index (κ2) is 8.20. The summed E-state index contributed by atoms with van der Waals surface area (Å²) in [6, 6.07) is 8.01. The third kappa shape index (κ3) is 5.11. The highest BCUT2D eigenvalue weighted by molar-refractivity contribution is 6.32. The lowest BCUT2D eigenvalue weighted by Crippen LogP contribution is -2.22. The van der Waals surface area contributed by atoms with Crippen molar-refractivity contribution < 1.29 is 42.1 Å². The maximum atomic E-state index is 12.5. The summed E-state index contributed by atoms with van der Waals surface area (Å²) in [7, 11) is 0. The number of carboxylic acid groups (broad SMARTS) is 1. The molecule has 0 radical (unpaired) electrons. The molecule has 0 aromatic heterocycles. The van der Waals surface area contributed by atoms with E-state index >= 15 is 0 Å². The zero-order chi connectivity index (χ0) is 21.2. The molecule has 1 N–H and O–H groups in total. The van der Waals surface area contributed by atoms with E-state index in [-0.39, 0.29) is 47.3 Å². The lowest BCUT2D eigenvalue weighted by Gasteiger charge is -2.27. The highest BCUT2D eigenvalue weighted by atomic mass is 35.5. The van der Waals surface area contributed by atoms with Crippen LogP contribution in [0.2, 0.25) is 5.02 Å². The first-order valence-corrected chi connectivity index (χ1v) is 8.74. The average molecular weight is 431 g/mol. The molecule has 0 amide bonds. The Kier molecular flexibility index (Phi) is 5.88. The first kappa shape index (κ1) is 20.8. The van der Waals surface area contributed by atoms with E-state index in [1.807, 2.05) is 0 Å². The number of hydrogen-bond donors (Lipinski definition) is 1. The van der Waals surface area contributed by atoms with Crippen molar-refractivity contribution in [2.75, 3.05) is 6.61 Å². The number of carboxylic acids is 1. The highest BCUT2D eigenvalue weighted by Gasteiger charge is 2.33. The van der Waals surface area contributed by atoms with Crippen LogP contribution in [-0.4, -0.2) is 29.8 Å². The maximum absolute atomic E-state index is 12.5. The van der Waals surface area contributed by atoms with Gasteiger partial charge in [0.25, 0.3) is 0 Å². The van der Waals surface area contributed by atoms with E-state index in [0.29, 0.717) is 5.56 Å². The molecule has 154 valence electrons. The predicted octanol–water partition coefficient (Wildman–Crippen LogP) is 4.80. The number of rotatable bonds is 6. The number of Topliss-reactive ketones (excluding diaryl/α,β-unsaturated/α-hetero) is 1. The Labute approximate surface area is 167 Å². The number of hydrogen-bond acceptors (Lipinski definition) is 5. The van der Waals surface area contributed by atoms with E-state index in [0.717, 1.165) is 12.1 Å². The van der Waals surface area contributed by atoms with Crippen LogP contribution in [0.15, 0.2) is 36.4 Å². The first-order chi connectivity index (χ1) is 13.6. The van der Waals surface area contributed by atoms with Gasteiger partial charge in [-0.05, 0) is 24.3 Å². The molecule has 3 rings (SSSR count). The van der Waals surface area contributed by atoms with Gasteiger partial charge in [0, 0.05) is 11.6 Å². The average Bonchev–Trinajstić information content (AvgIpc) is 2.61. The number of alkyl halides is 3. The molecule has 1 unspecified atom stereocenters. The Morgan fingerprint density at radius 3 is 2.72 bits per heavy atom. The molecule has 0 fully saturated rings. The zero-order valence-corrected chi connectivity index (χ0v) is 15.4. The van der Waals surface area contributed by atoms with Gasteiger partial charge in [0.2, 0.25) is 0 Å². The summed E-state index contributed by atoms with van der Waals surface area (Å²) in [5, 5.41) is 8.97. The van der Waals surface area contributed by atoms with Crippen molar-refractivity contribution >= 4 is 23.4 Å². The molecule has 0 bridgehead atoms. The van der Waals surface area contributed by atoms with Crippen LogP contribution in [0, 0.1) is 0 Å². The largest absolute Gasteiger partial charge is 0.573 e. The van der Waals surface area contributed by atoms with Crippen LogP contribution in [-0.2, 0) is 4.79 Å². The molecule has 1 aliphatic heterocycles. The van der Waals surface area contributed by atoms with Gasteiger partial charge >= 0.3 is 12.3 Å². The van der Waals surface area contributed by atoms with Gasteiger partial charge in [-0.2, -0.15) is 0 Å². The number of fused-ring (bicyclic) bond motifs is 1. The number of para-hydroxylation sites is 1. The van der Waals surface area contributed by atoms with E-state index in [4.69, 9.17) is 26.2 Å². The summed E-state index contributed by atoms with van der Waals surface area (Å²) >= 11 is 6.10. The second-order valence-corrected chi connectivity index (χ2v) is 6.50. The molecule has 0 aliphatic carbocycles. The van der Waals surface area contributed by atoms with E-state index in [9.17, 15) is 22.8 Å². The summed E-state index contributed by atoms with van der Waals surface area (Å²) in [4.78, 5) is 23.2. The number of benzene rings is 2. The molecule has 29 heavy (non-hydrogen) atoms. The van der Waals surface area contributed by atoms with Gasteiger partial charge < -0.3 is 19.3 Å². The van der Waals surface area contributed by atoms with Gasteiger partial charge in [-0.3, -0.25) is 9.59 Å². The molecule has 1 heterocycles. The van der Waals surface area contributed by atoms with Crippen molar-refractivity contribution in [3.8, 4) is 17.2 Å². The van der Waals surface area contributed by atoms with E-state index in [1.54, 1.807) is 18.2 Å². The fourth-order valence-electron chi connectivity index (χ4n) is 2.84. The van der Waals surface area contributed by atoms with Crippen molar-refractivity contribution in [3.63, 3.8) is 0 Å². The van der Waals surface area contributed by atoms with Crippen LogP contribution >= 0.6 is 11.6 Å². The Balaban J connectivity index is 1.93. The Morgan fingerprint density at radius 2 is 2.03 bits per heavy atom. The predicted molar refractivity (Wildman–Crippen MR) is 94.6 cm³/mol. The standard InChI is InChI=1S/C19H14ClF3O6/c20-13-3-1-2-11-14(24)9-16(28-18(11)13)12-5-4-10(29-19(21,22)23)8-15(12)27-7-6-17(25)26/h1-5,8,16H,6-7,9H2,(H,25,26). The number of carbonyl (C=O) groups is 2. The number of ketones is 1. The molecule has 6 nitrogen and oxygen atoms in total. The smallest absolute Gasteiger partial charge is 0.492 e. The molecule has 2 aromatic carbocycles. The molecular formula is C19H14ClF3O6. The Morgan fingerprint density at radius 1 is 1.28 bits per heavy atom. The van der Waals surface area contributed by atoms with Crippen molar-refractivity contribution in [2.24, 2.45) is 0 Å². The van der Waals surface area contributed by atoms with Crippen LogP contribution in [0.5, 0.6) is 17.2 Å². The molecule has 0 saturated heterocycles. The first-order valence-electron chi connectivity index (χ1n) is 8.36. The van der Waals surface area contributed by atoms with Crippen molar-refractivity contribution in [2.45, 2.75) is 25.3 Å². The quantitative estimate of drug-likeness (QED) is 0.709. The molecular weight excluding hydrogens is 417 g/mol. The summed E-state index contributed by atoms with van der Waals surface area (Å²) in [5.41, 5.74) is 0.572. The summed E-state index contributed by atoms with van der Waals surface area (Å²) in [6.45, 7) is -0.296. The van der Waals surface area contributed by atoms with Gasteiger partial charge in [0.05, 0.1) is 30.0 Å². The molecule has 1 atom stereocenters. The monoisotopic (exact) mass is 430 g/mol. The van der Waals surface area contributed by atoms with Gasteiger partial charge in [-0.15, -0.1) is 13.2 Å². The third-order valence-corrected chi connectivity index (χ3v) is 4.33. The minimum absolute atomic E-state index is 0.0821. The zero-order valence-electron chi connectivity index (χ0n) is 14.7. The van der Waals surface area contributed by atoms with Gasteiger partial charge in [0.15, 0.2) is 5.78 Å². The normalized spacial score (nSPS) is 16.0. The van der Waals surface area contributed by atoms with E-state index in [2.05, 4.69) is 4.74 Å². The molecule has 2 aromatic rings. The van der Waals surface area contributed by atoms with Crippen molar-refractivity contribution in [3.05, 3.63) is 52.5 Å². The molecule has 10 heteroatoms. The summed E-state index contributed by atoms with van der Waals surface area (Å²) < 4.78 is 52.6. The molecule has 0 saturated carbocycles. The lowest BCUT2D eigenvalue weighted by molar-refractivity contribution is -0.274. The summed E-state index contributed by atoms with van der Waals surface area (Å²) in [6.07, 6.45) is -6.26. The van der Waals surface area contributed by atoms with E-state index < -0.39 is 24.2 Å². The summed E-state index contributed by atoms with van der Waals surface area (Å²) in [5.74, 6) is -1.86. The van der Waals surface area contributed by atoms with Crippen molar-refractivity contribution in [1.29, 1.82) is 0 Å². The van der Waals surface area contributed by atoms with Gasteiger partial charge in [-0.25, -0.2) is 0 Å². The van der Waals surface area contributed by atoms with E-state index in [1.165, 1.54) is 6.07 Å². The Bertz CT molecular complexity index is 944. The lowest BCUT2D eigenvalue weighted by atomic mass is 9.95. The van der Waals surface area contributed by atoms with Crippen LogP contribution < -0.4 is 14.2 Å². The Hall–Kier alpha value is -2.94. The van der Waals surface area contributed by atoms with Gasteiger partial charge in [-0.1, -0.05) is 17.7 Å². The number of ether oxygens (including phenoxy) is 3. The fraction of sp³-hybridized carbons (Fsp3) is 0.263. The van der Waals surface area contributed by atoms with Crippen LogP contribution in [0.3, 0.4) is 0 Å². The van der Waals surface area contributed by atoms with Crippen LogP contribution in [0.4, 0.5) is 13.2 Å². The van der Waals surface area contributed by atoms with Crippen LogP contribution in [0.25, 0.3) is 0 Å². The maximum Gasteiger partial charge on any atom is 0.573 e.